The highest BCUT2D eigenvalue weighted by molar-refractivity contribution is 7.95. The van der Waals surface area contributed by atoms with Gasteiger partial charge in [-0.2, -0.15) is 0 Å². The second kappa shape index (κ2) is 8.88. The predicted octanol–water partition coefficient (Wildman–Crippen LogP) is 2.05. The number of hydrogen-bond donors (Lipinski definition) is 0. The zero-order valence-electron chi connectivity index (χ0n) is 18.4. The molecule has 0 saturated heterocycles. The van der Waals surface area contributed by atoms with Gasteiger partial charge in [-0.15, -0.1) is 0 Å². The Hall–Kier alpha value is -2.59. The molecule has 8 nitrogen and oxygen atoms in total. The molecule has 0 unspecified atom stereocenters. The molecule has 180 valence electrons. The van der Waals surface area contributed by atoms with E-state index in [9.17, 15) is 34.6 Å². The third kappa shape index (κ3) is 4.93. The van der Waals surface area contributed by atoms with Crippen molar-refractivity contribution in [3.63, 3.8) is 0 Å². The van der Waals surface area contributed by atoms with Crippen LogP contribution in [0.3, 0.4) is 0 Å². The van der Waals surface area contributed by atoms with Crippen molar-refractivity contribution in [3.05, 3.63) is 78.4 Å². The first kappa shape index (κ1) is 26.0. The van der Waals surface area contributed by atoms with E-state index in [-0.39, 0.29) is 10.6 Å². The van der Waals surface area contributed by atoms with Crippen LogP contribution < -0.4 is 10.6 Å². The first-order chi connectivity index (χ1) is 15.6. The molecule has 12 heteroatoms. The summed E-state index contributed by atoms with van der Waals surface area (Å²) < 4.78 is 89.6. The average molecular weight is 541 g/mol. The summed E-state index contributed by atoms with van der Waals surface area (Å²) in [4.78, 5) is 11.8. The lowest BCUT2D eigenvalue weighted by Gasteiger charge is -2.21. The fourth-order valence-electron chi connectivity index (χ4n) is 3.39. The molecule has 0 amide bonds. The van der Waals surface area contributed by atoms with Crippen molar-refractivity contribution >= 4 is 52.8 Å². The van der Waals surface area contributed by atoms with E-state index in [2.05, 4.69) is 0 Å². The van der Waals surface area contributed by atoms with Crippen molar-refractivity contribution < 1.29 is 34.6 Å². The summed E-state index contributed by atoms with van der Waals surface area (Å²) in [5, 5.41) is 0.134. The van der Waals surface area contributed by atoms with Gasteiger partial charge in [-0.1, -0.05) is 60.7 Å². The second-order valence-electron chi connectivity index (χ2n) is 7.70. The smallest absolute Gasteiger partial charge is 0.232 e. The van der Waals surface area contributed by atoms with Gasteiger partial charge in [0.15, 0.2) is 29.5 Å². The topological polar surface area (TPSA) is 137 Å². The van der Waals surface area contributed by atoms with E-state index in [1.54, 1.807) is 36.4 Å². The summed E-state index contributed by atoms with van der Waals surface area (Å²) >= 11 is 0. The molecule has 0 aromatic heterocycles. The van der Waals surface area contributed by atoms with Gasteiger partial charge in [0, 0.05) is 29.4 Å². The van der Waals surface area contributed by atoms with Crippen molar-refractivity contribution in [1.29, 1.82) is 0 Å². The Morgan fingerprint density at radius 2 is 0.971 bits per heavy atom. The quantitative estimate of drug-likeness (QED) is 0.416. The van der Waals surface area contributed by atoms with Crippen LogP contribution in [0, 0.1) is 0 Å². The number of carbonyl (C=O) groups is 1. The standard InChI is InChI=1S/C22H21O8PS3/c1-32(25,26)18-14-19(33(2,27)28)21(20(15-18)34(3,29)30)22(23)31(24,16-10-6-4-7-11-16)17-12-8-5-9-13-17/h4-15H,1-3H3. The minimum Gasteiger partial charge on any atom is -0.305 e. The molecule has 34 heavy (non-hydrogen) atoms. The highest BCUT2D eigenvalue weighted by atomic mass is 32.2. The van der Waals surface area contributed by atoms with Gasteiger partial charge >= 0.3 is 0 Å². The minimum atomic E-state index is -4.34. The molecule has 0 spiro atoms. The van der Waals surface area contributed by atoms with Crippen LogP contribution in [0.25, 0.3) is 0 Å². The molecule has 0 aliphatic rings. The molecule has 0 fully saturated rings. The van der Waals surface area contributed by atoms with Gasteiger partial charge in [-0.05, 0) is 12.1 Å². The van der Waals surface area contributed by atoms with Crippen molar-refractivity contribution in [3.8, 4) is 0 Å². The van der Waals surface area contributed by atoms with Crippen LogP contribution in [0.5, 0.6) is 0 Å². The summed E-state index contributed by atoms with van der Waals surface area (Å²) in [6.45, 7) is 0. The van der Waals surface area contributed by atoms with Crippen LogP contribution in [0.1, 0.15) is 10.4 Å². The summed E-state index contributed by atoms with van der Waals surface area (Å²) in [7, 11) is -17.0. The lowest BCUT2D eigenvalue weighted by atomic mass is 10.2. The van der Waals surface area contributed by atoms with Gasteiger partial charge in [0.1, 0.15) is 0 Å². The van der Waals surface area contributed by atoms with Crippen LogP contribution in [0.15, 0.2) is 87.5 Å². The molecule has 0 radical (unpaired) electrons. The fraction of sp³-hybridized carbons (Fsp3) is 0.136. The van der Waals surface area contributed by atoms with Crippen LogP contribution in [0.2, 0.25) is 0 Å². The molecular weight excluding hydrogens is 519 g/mol. The Morgan fingerprint density at radius 3 is 1.26 bits per heavy atom. The minimum absolute atomic E-state index is 0.0669. The third-order valence-electron chi connectivity index (χ3n) is 5.01. The maximum Gasteiger partial charge on any atom is 0.232 e. The zero-order chi connectivity index (χ0) is 25.5. The fourth-order valence-corrected chi connectivity index (χ4v) is 8.76. The van der Waals surface area contributed by atoms with Crippen molar-refractivity contribution in [2.45, 2.75) is 14.7 Å². The summed E-state index contributed by atoms with van der Waals surface area (Å²) in [5.41, 5.74) is -2.06. The predicted molar refractivity (Wildman–Crippen MR) is 130 cm³/mol. The third-order valence-corrected chi connectivity index (χ3v) is 11.2. The molecule has 0 bridgehead atoms. The van der Waals surface area contributed by atoms with Crippen LogP contribution >= 0.6 is 7.14 Å². The van der Waals surface area contributed by atoms with Crippen molar-refractivity contribution in [2.75, 3.05) is 18.8 Å². The van der Waals surface area contributed by atoms with Gasteiger partial charge in [0.05, 0.1) is 20.2 Å². The summed E-state index contributed by atoms with van der Waals surface area (Å²) in [5.74, 6) is 0. The Morgan fingerprint density at radius 1 is 0.618 bits per heavy atom. The largest absolute Gasteiger partial charge is 0.305 e. The van der Waals surface area contributed by atoms with Crippen LogP contribution in [0.4, 0.5) is 0 Å². The number of rotatable bonds is 7. The first-order valence-corrected chi connectivity index (χ1v) is 17.0. The molecular formula is C22H21O8PS3. The maximum absolute atomic E-state index is 14.5. The molecule has 0 aliphatic heterocycles. The van der Waals surface area contributed by atoms with E-state index in [0.717, 1.165) is 18.4 Å². The monoisotopic (exact) mass is 540 g/mol. The molecule has 0 atom stereocenters. The number of hydrogen-bond acceptors (Lipinski definition) is 8. The molecule has 3 aromatic rings. The van der Waals surface area contributed by atoms with Gasteiger partial charge in [-0.25, -0.2) is 25.3 Å². The molecule has 3 rings (SSSR count). The van der Waals surface area contributed by atoms with Crippen LogP contribution in [-0.4, -0.2) is 49.5 Å². The Labute approximate surface area is 198 Å². The van der Waals surface area contributed by atoms with E-state index >= 15 is 0 Å². The molecule has 0 saturated carbocycles. The zero-order valence-corrected chi connectivity index (χ0v) is 21.7. The van der Waals surface area contributed by atoms with E-state index in [4.69, 9.17) is 0 Å². The molecule has 3 aromatic carbocycles. The van der Waals surface area contributed by atoms with Crippen molar-refractivity contribution in [1.82, 2.24) is 0 Å². The van der Waals surface area contributed by atoms with Gasteiger partial charge in [-0.3, -0.25) is 4.79 Å². The Kier molecular flexibility index (Phi) is 6.80. The van der Waals surface area contributed by atoms with Gasteiger partial charge in [0.2, 0.25) is 12.7 Å². The summed E-state index contributed by atoms with van der Waals surface area (Å²) in [6.07, 6.45) is 2.21. The Bertz CT molecular complexity index is 1550. The Balaban J connectivity index is 2.55. The molecule has 0 aliphatic carbocycles. The lowest BCUT2D eigenvalue weighted by molar-refractivity contribution is 0.107. The van der Waals surface area contributed by atoms with E-state index < -0.39 is 62.4 Å². The van der Waals surface area contributed by atoms with Gasteiger partial charge in [0.25, 0.3) is 0 Å². The highest BCUT2D eigenvalue weighted by Gasteiger charge is 2.42. The lowest BCUT2D eigenvalue weighted by Crippen LogP contribution is -2.25. The molecule has 0 heterocycles. The number of sulfone groups is 3. The molecule has 0 N–H and O–H groups in total. The van der Waals surface area contributed by atoms with E-state index in [0.29, 0.717) is 12.5 Å². The second-order valence-corrected chi connectivity index (χ2v) is 16.3. The van der Waals surface area contributed by atoms with E-state index in [1.165, 1.54) is 24.3 Å². The number of carbonyl (C=O) groups excluding carboxylic acids is 1. The maximum atomic E-state index is 14.5. The van der Waals surface area contributed by atoms with Crippen molar-refractivity contribution in [2.24, 2.45) is 0 Å². The first-order valence-electron chi connectivity index (χ1n) is 9.62. The normalized spacial score (nSPS) is 12.9. The average Bonchev–Trinajstić information content (AvgIpc) is 2.76. The highest BCUT2D eigenvalue weighted by Crippen LogP contribution is 2.49. The SMILES string of the molecule is CS(=O)(=O)c1cc(S(C)(=O)=O)c(C(=O)P(=O)(c2ccccc2)c2ccccc2)c(S(C)(=O)=O)c1. The van der Waals surface area contributed by atoms with Crippen LogP contribution in [-0.2, 0) is 34.1 Å². The number of benzene rings is 3. The van der Waals surface area contributed by atoms with E-state index in [1.807, 2.05) is 0 Å². The summed E-state index contributed by atoms with van der Waals surface area (Å²) in [6, 6.07) is 16.6. The van der Waals surface area contributed by atoms with Gasteiger partial charge < -0.3 is 4.57 Å².